The van der Waals surface area contributed by atoms with Gasteiger partial charge >= 0.3 is 11.9 Å². The molecule has 4 aliphatic heterocycles. The highest BCUT2D eigenvalue weighted by atomic mass is 16.6. The number of esters is 2. The lowest BCUT2D eigenvalue weighted by Gasteiger charge is -2.52. The van der Waals surface area contributed by atoms with E-state index in [0.29, 0.717) is 41.8 Å². The fraction of sp³-hybridized carbons (Fsp3) is 0.558. The molecule has 0 spiro atoms. The van der Waals surface area contributed by atoms with Crippen LogP contribution >= 0.6 is 0 Å². The Kier molecular flexibility index (Phi) is 14.6. The summed E-state index contributed by atoms with van der Waals surface area (Å²) in [7, 11) is 12.4. The number of rotatable bonds is 12. The normalized spacial score (nSPS) is 25.5. The van der Waals surface area contributed by atoms with E-state index >= 15 is 0 Å². The Bertz CT molecular complexity index is 2420. The molecular formula is C52H67N3O12. The van der Waals surface area contributed by atoms with E-state index in [-0.39, 0.29) is 41.4 Å². The van der Waals surface area contributed by atoms with Crippen LogP contribution in [0.4, 0.5) is 0 Å². The van der Waals surface area contributed by atoms with Gasteiger partial charge in [-0.15, -0.1) is 0 Å². The van der Waals surface area contributed by atoms with Gasteiger partial charge in [0.2, 0.25) is 5.75 Å². The molecule has 3 fully saturated rings. The van der Waals surface area contributed by atoms with Crippen LogP contribution in [-0.4, -0.2) is 128 Å². The topological polar surface area (TPSA) is 157 Å². The van der Waals surface area contributed by atoms with Crippen molar-refractivity contribution in [2.75, 3.05) is 83.1 Å². The van der Waals surface area contributed by atoms with Crippen LogP contribution in [0.1, 0.15) is 84.4 Å². The van der Waals surface area contributed by atoms with Crippen LogP contribution < -0.4 is 28.4 Å². The van der Waals surface area contributed by atoms with Crippen LogP contribution in [-0.2, 0) is 36.6 Å². The van der Waals surface area contributed by atoms with Gasteiger partial charge in [0.05, 0.1) is 67.3 Å². The van der Waals surface area contributed by atoms with E-state index < -0.39 is 24.1 Å². The summed E-state index contributed by atoms with van der Waals surface area (Å²) in [4.78, 5) is 48.2. The molecule has 1 N–H and O–H groups in total. The highest BCUT2D eigenvalue weighted by Gasteiger charge is 2.54. The zero-order valence-electron chi connectivity index (χ0n) is 40.6. The van der Waals surface area contributed by atoms with E-state index in [1.807, 2.05) is 12.1 Å². The summed E-state index contributed by atoms with van der Waals surface area (Å²) in [6.45, 7) is 8.00. The van der Waals surface area contributed by atoms with Gasteiger partial charge in [-0.3, -0.25) is 19.4 Å². The van der Waals surface area contributed by atoms with Crippen LogP contribution in [0.15, 0.2) is 42.5 Å². The molecule has 1 aliphatic carbocycles. The Morgan fingerprint density at radius 2 is 1.45 bits per heavy atom. The van der Waals surface area contributed by atoms with Crippen molar-refractivity contribution in [2.24, 2.45) is 29.6 Å². The number of hydrogen-bond donors (Lipinski definition) is 1. The van der Waals surface area contributed by atoms with Gasteiger partial charge in [0.15, 0.2) is 23.0 Å². The second-order valence-corrected chi connectivity index (χ2v) is 18.9. The third kappa shape index (κ3) is 9.26. The van der Waals surface area contributed by atoms with Crippen LogP contribution in [0.5, 0.6) is 34.5 Å². The number of ketones is 1. The number of benzene rings is 3. The highest BCUT2D eigenvalue weighted by molar-refractivity contribution is 5.91. The van der Waals surface area contributed by atoms with Crippen LogP contribution in [0, 0.1) is 29.6 Å². The summed E-state index contributed by atoms with van der Waals surface area (Å²) in [5.41, 5.74) is 6.36. The quantitative estimate of drug-likeness (QED) is 0.140. The molecule has 67 heavy (non-hydrogen) atoms. The molecular weight excluding hydrogens is 859 g/mol. The number of ether oxygens (including phenoxy) is 9. The molecule has 9 rings (SSSR count). The summed E-state index contributed by atoms with van der Waals surface area (Å²) in [5.74, 6) is 3.16. The van der Waals surface area contributed by atoms with Gasteiger partial charge in [-0.1, -0.05) is 13.8 Å². The molecule has 15 nitrogen and oxygen atoms in total. The van der Waals surface area contributed by atoms with E-state index in [2.05, 4.69) is 46.8 Å². The van der Waals surface area contributed by atoms with Crippen molar-refractivity contribution in [3.63, 3.8) is 0 Å². The minimum Gasteiger partial charge on any atom is -0.497 e. The number of aromatic amines is 1. The van der Waals surface area contributed by atoms with Crippen LogP contribution in [0.25, 0.3) is 10.9 Å². The smallest absolute Gasteiger partial charge is 0.338 e. The summed E-state index contributed by atoms with van der Waals surface area (Å²) in [6, 6.07) is 13.7. The molecule has 5 heterocycles. The lowest BCUT2D eigenvalue weighted by atomic mass is 9.63. The summed E-state index contributed by atoms with van der Waals surface area (Å²) < 4.78 is 50.0. The first-order valence-corrected chi connectivity index (χ1v) is 23.4. The van der Waals surface area contributed by atoms with Gasteiger partial charge in [-0.05, 0) is 103 Å². The average Bonchev–Trinajstić information content (AvgIpc) is 3.72. The number of nitrogens with one attached hydrogen (secondary N) is 1. The fourth-order valence-electron chi connectivity index (χ4n) is 11.8. The van der Waals surface area contributed by atoms with E-state index in [0.717, 1.165) is 74.6 Å². The number of hydrogen-bond acceptors (Lipinski definition) is 14. The summed E-state index contributed by atoms with van der Waals surface area (Å²) in [5, 5.41) is 1.21. The first-order valence-electron chi connectivity index (χ1n) is 23.4. The van der Waals surface area contributed by atoms with Crippen molar-refractivity contribution >= 4 is 28.6 Å². The minimum atomic E-state index is -0.670. The molecule has 3 aromatic carbocycles. The largest absolute Gasteiger partial charge is 0.497 e. The van der Waals surface area contributed by atoms with Crippen molar-refractivity contribution in [3.05, 3.63) is 70.4 Å². The predicted molar refractivity (Wildman–Crippen MR) is 251 cm³/mol. The van der Waals surface area contributed by atoms with E-state index in [1.54, 1.807) is 40.6 Å². The molecule has 5 aliphatic rings. The third-order valence-electron chi connectivity index (χ3n) is 14.9. The molecule has 8 atom stereocenters. The fourth-order valence-corrected chi connectivity index (χ4v) is 11.8. The molecule has 4 aromatic rings. The maximum absolute atomic E-state index is 13.5. The van der Waals surface area contributed by atoms with E-state index in [4.69, 9.17) is 42.6 Å². The molecule has 1 saturated carbocycles. The van der Waals surface area contributed by atoms with Crippen LogP contribution in [0.2, 0.25) is 0 Å². The van der Waals surface area contributed by atoms with Crippen molar-refractivity contribution in [1.29, 1.82) is 0 Å². The zero-order chi connectivity index (χ0) is 47.7. The average molecular weight is 926 g/mol. The molecule has 15 heteroatoms. The zero-order valence-corrected chi connectivity index (χ0v) is 40.6. The lowest BCUT2D eigenvalue weighted by molar-refractivity contribution is -0.176. The van der Waals surface area contributed by atoms with E-state index in [1.165, 1.54) is 56.2 Å². The Labute approximate surface area is 393 Å². The monoisotopic (exact) mass is 925 g/mol. The number of fused-ring (bicyclic) bond motifs is 9. The van der Waals surface area contributed by atoms with Gasteiger partial charge in [-0.25, -0.2) is 4.79 Å². The maximum atomic E-state index is 13.5. The minimum absolute atomic E-state index is 0.0170. The van der Waals surface area contributed by atoms with Gasteiger partial charge in [0.1, 0.15) is 23.7 Å². The number of carbonyl (C=O) groups is 3. The third-order valence-corrected chi connectivity index (χ3v) is 14.9. The number of piperidine rings is 2. The standard InChI is InChI=1S/C33H40N2O9.C19H27NO3/c1-38-19-7-8-20-21-9-10-35-16-18-13-27(44-32(36)17-11-25(39-2)30(41-4)26(12-17)40-3)31(42-5)28(33(37)43-6)22(18)15-24(35)29(21)34-23(20)14-19;1-12(2)7-14-11-20-6-5-13-8-18(22-3)19(23-4)9-15(13)16(20)10-17(14)21/h7-8,11-12,14,18,22,24,27-28,31,34H,9-10,13,15-16H2,1-6H3;8-9,12,14,16H,5-7,10-11H2,1-4H3/t18-,22+,24-,27-,28+,31+;/m1./s1. The van der Waals surface area contributed by atoms with Crippen LogP contribution in [0.3, 0.4) is 0 Å². The number of H-pyrrole nitrogens is 1. The number of Topliss-reactive ketones (excluding diaryl/α,β-unsaturated/α-hetero) is 1. The number of nitrogens with zero attached hydrogens (tertiary/aromatic N) is 2. The first kappa shape index (κ1) is 48.0. The predicted octanol–water partition coefficient (Wildman–Crippen LogP) is 7.41. The Balaban J connectivity index is 0.000000222. The SMILES string of the molecule is COC(=O)[C@H]1[C@H]2C[C@@H]3c4[nH]c5cc(OC)ccc5c4CCN3C[C@H]2C[C@@H](OC(=O)c2cc(OC)c(OC)c(OC)c2)[C@@H]1OC.COc1cc2c(cc1OC)C1CC(=O)C(CC(C)C)CN1CC2. The van der Waals surface area contributed by atoms with Crippen molar-refractivity contribution in [3.8, 4) is 34.5 Å². The van der Waals surface area contributed by atoms with Gasteiger partial charge in [0.25, 0.3) is 0 Å². The summed E-state index contributed by atoms with van der Waals surface area (Å²) >= 11 is 0. The molecule has 2 unspecified atom stereocenters. The molecule has 1 aromatic heterocycles. The van der Waals surface area contributed by atoms with Crippen molar-refractivity contribution in [2.45, 2.75) is 76.7 Å². The van der Waals surface area contributed by atoms with Crippen molar-refractivity contribution in [1.82, 2.24) is 14.8 Å². The Morgan fingerprint density at radius 3 is 2.09 bits per heavy atom. The van der Waals surface area contributed by atoms with Gasteiger partial charge < -0.3 is 47.6 Å². The Morgan fingerprint density at radius 1 is 0.761 bits per heavy atom. The van der Waals surface area contributed by atoms with Gasteiger partial charge in [-0.2, -0.15) is 0 Å². The second-order valence-electron chi connectivity index (χ2n) is 18.9. The number of aromatic nitrogens is 1. The van der Waals surface area contributed by atoms with Crippen molar-refractivity contribution < 1.29 is 57.0 Å². The molecule has 0 amide bonds. The molecule has 362 valence electrons. The molecule has 0 bridgehead atoms. The second kappa shape index (κ2) is 20.4. The number of carbonyl (C=O) groups excluding carboxylic acids is 3. The maximum Gasteiger partial charge on any atom is 0.338 e. The van der Waals surface area contributed by atoms with E-state index in [9.17, 15) is 14.4 Å². The lowest BCUT2D eigenvalue weighted by Crippen LogP contribution is -2.58. The Hall–Kier alpha value is -5.51. The molecule has 0 radical (unpaired) electrons. The van der Waals surface area contributed by atoms with Gasteiger partial charge in [0, 0.05) is 74.3 Å². The molecule has 2 saturated heterocycles. The first-order chi connectivity index (χ1) is 32.4. The highest BCUT2D eigenvalue weighted by Crippen LogP contribution is 2.51. The number of methoxy groups -OCH3 is 8. The summed E-state index contributed by atoms with van der Waals surface area (Å²) in [6.07, 6.45) is 3.55.